The number of nitrogens with one attached hydrogen (secondary N) is 1. The van der Waals surface area contributed by atoms with Crippen molar-refractivity contribution in [3.05, 3.63) is 21.0 Å². The Hall–Kier alpha value is -1.37. The van der Waals surface area contributed by atoms with E-state index in [2.05, 4.69) is 26.3 Å². The van der Waals surface area contributed by atoms with Crippen molar-refractivity contribution in [3.8, 4) is 0 Å². The molecular weight excluding hydrogens is 288 g/mol. The zero-order valence-electron chi connectivity index (χ0n) is 9.61. The first kappa shape index (κ1) is 12.1. The Labute approximate surface area is 107 Å². The summed E-state index contributed by atoms with van der Waals surface area (Å²) in [6.45, 7) is 0.729. The molecule has 0 spiro atoms. The van der Waals surface area contributed by atoms with Gasteiger partial charge in [-0.25, -0.2) is 4.68 Å². The number of halogens is 1. The number of amides is 1. The number of likely N-dealkylation sites (N-methyl/N-ethyl adjacent to an activating group) is 1. The number of rotatable bonds is 2. The van der Waals surface area contributed by atoms with Crippen LogP contribution in [0.5, 0.6) is 0 Å². The highest BCUT2D eigenvalue weighted by atomic mass is 79.9. The summed E-state index contributed by atoms with van der Waals surface area (Å²) < 4.78 is 1.63. The van der Waals surface area contributed by atoms with Crippen molar-refractivity contribution >= 4 is 27.5 Å². The van der Waals surface area contributed by atoms with Crippen LogP contribution >= 0.6 is 15.9 Å². The minimum atomic E-state index is -0.273. The summed E-state index contributed by atoms with van der Waals surface area (Å²) in [5.74, 6) is 0.0394. The summed E-state index contributed by atoms with van der Waals surface area (Å²) in [6.07, 6.45) is 2.27. The van der Waals surface area contributed by atoms with Crippen LogP contribution in [0.15, 0.2) is 15.5 Å². The van der Waals surface area contributed by atoms with Crippen LogP contribution in [0.3, 0.4) is 0 Å². The number of carbonyl (C=O) groups is 1. The fourth-order valence-electron chi connectivity index (χ4n) is 1.76. The van der Waals surface area contributed by atoms with Gasteiger partial charge in [-0.05, 0) is 22.4 Å². The van der Waals surface area contributed by atoms with Crippen molar-refractivity contribution in [1.82, 2.24) is 14.7 Å². The van der Waals surface area contributed by atoms with Gasteiger partial charge in [-0.2, -0.15) is 5.10 Å². The zero-order chi connectivity index (χ0) is 12.6. The van der Waals surface area contributed by atoms with Crippen LogP contribution in [0.1, 0.15) is 6.42 Å². The number of hydrogen-bond acceptors (Lipinski definition) is 4. The molecule has 1 aromatic rings. The maximum absolute atomic E-state index is 11.7. The number of hydrogen-bond donors (Lipinski definition) is 1. The number of nitrogens with zero attached hydrogens (tertiary/aromatic N) is 3. The fraction of sp³-hybridized carbons (Fsp3) is 0.500. The summed E-state index contributed by atoms with van der Waals surface area (Å²) in [6, 6.07) is -0.273. The summed E-state index contributed by atoms with van der Waals surface area (Å²) in [5, 5.41) is 6.96. The molecule has 1 saturated heterocycles. The Morgan fingerprint density at radius 3 is 2.76 bits per heavy atom. The lowest BCUT2D eigenvalue weighted by atomic mass is 10.2. The van der Waals surface area contributed by atoms with E-state index in [-0.39, 0.29) is 17.5 Å². The molecule has 0 aromatic carbocycles. The lowest BCUT2D eigenvalue weighted by molar-refractivity contribution is -0.127. The molecule has 0 radical (unpaired) electrons. The maximum Gasteiger partial charge on any atom is 0.282 e. The van der Waals surface area contributed by atoms with Gasteiger partial charge < -0.3 is 10.2 Å². The van der Waals surface area contributed by atoms with Crippen LogP contribution in [0.25, 0.3) is 0 Å². The van der Waals surface area contributed by atoms with Crippen LogP contribution in [0.4, 0.5) is 5.69 Å². The van der Waals surface area contributed by atoms with Crippen LogP contribution in [0, 0.1) is 0 Å². The van der Waals surface area contributed by atoms with E-state index >= 15 is 0 Å². The Morgan fingerprint density at radius 1 is 1.47 bits per heavy atom. The monoisotopic (exact) mass is 300 g/mol. The van der Waals surface area contributed by atoms with Gasteiger partial charge in [0.2, 0.25) is 5.91 Å². The van der Waals surface area contributed by atoms with E-state index in [1.54, 1.807) is 19.0 Å². The molecule has 1 aliphatic heterocycles. The Bertz CT molecular complexity index is 514. The number of anilines is 1. The summed E-state index contributed by atoms with van der Waals surface area (Å²) in [5.41, 5.74) is 0.329. The Kier molecular flexibility index (Phi) is 3.19. The van der Waals surface area contributed by atoms with Crippen molar-refractivity contribution in [2.24, 2.45) is 7.05 Å². The molecule has 17 heavy (non-hydrogen) atoms. The summed E-state index contributed by atoms with van der Waals surface area (Å²) in [4.78, 5) is 25.0. The number of aromatic nitrogens is 2. The molecular formula is C10H13BrN4O2. The average molecular weight is 301 g/mol. The van der Waals surface area contributed by atoms with Crippen LogP contribution in [-0.2, 0) is 11.8 Å². The molecule has 2 heterocycles. The van der Waals surface area contributed by atoms with Gasteiger partial charge in [0.15, 0.2) is 0 Å². The van der Waals surface area contributed by atoms with Crippen LogP contribution in [-0.4, -0.2) is 40.2 Å². The molecule has 92 valence electrons. The van der Waals surface area contributed by atoms with Gasteiger partial charge in [0.1, 0.15) is 10.5 Å². The van der Waals surface area contributed by atoms with Crippen molar-refractivity contribution in [3.63, 3.8) is 0 Å². The zero-order valence-corrected chi connectivity index (χ0v) is 11.2. The van der Waals surface area contributed by atoms with Crippen molar-refractivity contribution in [2.75, 3.05) is 18.9 Å². The van der Waals surface area contributed by atoms with E-state index in [0.717, 1.165) is 13.0 Å². The fourth-order valence-corrected chi connectivity index (χ4v) is 2.23. The van der Waals surface area contributed by atoms with Gasteiger partial charge >= 0.3 is 0 Å². The lowest BCUT2D eigenvalue weighted by Gasteiger charge is -2.14. The first-order valence-electron chi connectivity index (χ1n) is 5.24. The molecule has 2 rings (SSSR count). The molecule has 7 heteroatoms. The molecule has 1 amide bonds. The molecule has 1 N–H and O–H groups in total. The minimum Gasteiger partial charge on any atom is -0.371 e. The van der Waals surface area contributed by atoms with E-state index in [0.29, 0.717) is 10.2 Å². The first-order valence-corrected chi connectivity index (χ1v) is 6.03. The Morgan fingerprint density at radius 2 is 2.18 bits per heavy atom. The normalized spacial score (nSPS) is 19.8. The molecule has 1 atom stereocenters. The second kappa shape index (κ2) is 4.48. The van der Waals surface area contributed by atoms with Crippen LogP contribution < -0.4 is 10.9 Å². The van der Waals surface area contributed by atoms with Crippen molar-refractivity contribution < 1.29 is 4.79 Å². The van der Waals surface area contributed by atoms with E-state index in [4.69, 9.17) is 0 Å². The summed E-state index contributed by atoms with van der Waals surface area (Å²) >= 11 is 3.21. The van der Waals surface area contributed by atoms with E-state index in [1.165, 1.54) is 10.9 Å². The highest BCUT2D eigenvalue weighted by Crippen LogP contribution is 2.20. The Balaban J connectivity index is 2.23. The smallest absolute Gasteiger partial charge is 0.282 e. The quantitative estimate of drug-likeness (QED) is 0.846. The van der Waals surface area contributed by atoms with Crippen LogP contribution in [0.2, 0.25) is 0 Å². The minimum absolute atomic E-state index is 0.0394. The van der Waals surface area contributed by atoms with E-state index in [9.17, 15) is 9.59 Å². The number of carbonyl (C=O) groups excluding carboxylic acids is 1. The van der Waals surface area contributed by atoms with Gasteiger partial charge in [0, 0.05) is 20.6 Å². The maximum atomic E-state index is 11.7. The highest BCUT2D eigenvalue weighted by molar-refractivity contribution is 9.10. The SMILES string of the molecule is CN1CCC(Nc2cnn(C)c(=O)c2Br)C1=O. The molecule has 1 aliphatic rings. The van der Waals surface area contributed by atoms with E-state index < -0.39 is 0 Å². The molecule has 0 bridgehead atoms. The van der Waals surface area contributed by atoms with Gasteiger partial charge in [-0.3, -0.25) is 9.59 Å². The predicted molar refractivity (Wildman–Crippen MR) is 66.8 cm³/mol. The predicted octanol–water partition coefficient (Wildman–Crippen LogP) is 0.185. The second-order valence-corrected chi connectivity index (χ2v) is 4.84. The van der Waals surface area contributed by atoms with Crippen molar-refractivity contribution in [2.45, 2.75) is 12.5 Å². The third kappa shape index (κ3) is 2.19. The van der Waals surface area contributed by atoms with Gasteiger partial charge in [0.25, 0.3) is 5.56 Å². The molecule has 1 fully saturated rings. The largest absolute Gasteiger partial charge is 0.371 e. The molecule has 1 aromatic heterocycles. The molecule has 0 saturated carbocycles. The summed E-state index contributed by atoms with van der Waals surface area (Å²) in [7, 11) is 3.34. The second-order valence-electron chi connectivity index (χ2n) is 4.05. The highest BCUT2D eigenvalue weighted by Gasteiger charge is 2.29. The number of likely N-dealkylation sites (tertiary alicyclic amines) is 1. The topological polar surface area (TPSA) is 67.2 Å². The third-order valence-corrected chi connectivity index (χ3v) is 3.60. The van der Waals surface area contributed by atoms with E-state index in [1.807, 2.05) is 0 Å². The third-order valence-electron chi connectivity index (χ3n) is 2.84. The van der Waals surface area contributed by atoms with Crippen molar-refractivity contribution in [1.29, 1.82) is 0 Å². The molecule has 6 nitrogen and oxygen atoms in total. The number of aryl methyl sites for hydroxylation is 1. The van der Waals surface area contributed by atoms with Gasteiger partial charge in [-0.1, -0.05) is 0 Å². The van der Waals surface area contributed by atoms with Gasteiger partial charge in [-0.15, -0.1) is 0 Å². The molecule has 1 unspecified atom stereocenters. The average Bonchev–Trinajstić information content (AvgIpc) is 2.62. The first-order chi connectivity index (χ1) is 8.00. The molecule has 0 aliphatic carbocycles. The standard InChI is InChI=1S/C10H13BrN4O2/c1-14-4-3-6(9(14)16)13-7-5-12-15(2)10(17)8(7)11/h5-6,13H,3-4H2,1-2H3. The van der Waals surface area contributed by atoms with Gasteiger partial charge in [0.05, 0.1) is 11.9 Å². The lowest BCUT2D eigenvalue weighted by Crippen LogP contribution is -2.32.